The van der Waals surface area contributed by atoms with Crippen LogP contribution in [-0.2, 0) is 0 Å². The van der Waals surface area contributed by atoms with E-state index in [1.807, 2.05) is 0 Å². The first-order valence-electron chi connectivity index (χ1n) is 5.50. The summed E-state index contributed by atoms with van der Waals surface area (Å²) in [6.45, 7) is -1.86. The van der Waals surface area contributed by atoms with E-state index in [1.165, 1.54) is 13.8 Å². The van der Waals surface area contributed by atoms with Gasteiger partial charge in [0, 0.05) is 33.3 Å². The monoisotopic (exact) mass is 120 g/mol. The van der Waals surface area contributed by atoms with Crippen molar-refractivity contribution in [3.05, 3.63) is 0 Å². The highest BCUT2D eigenvalue weighted by atomic mass is 15.1. The van der Waals surface area contributed by atoms with Gasteiger partial charge < -0.3 is 10.6 Å². The standard InChI is InChI=1S/C6H14N2/c1-5-3-8-6(2)4-7-5/h5-8H,3-4H2,1-2H3/i3D2,4D2,5D,6D. The Morgan fingerprint density at radius 2 is 1.75 bits per heavy atom. The van der Waals surface area contributed by atoms with E-state index >= 15 is 0 Å². The maximum Gasteiger partial charge on any atom is 0.0475 e. The number of hydrogen-bond acceptors (Lipinski definition) is 2. The number of nitrogens with one attached hydrogen (secondary N) is 2. The van der Waals surface area contributed by atoms with Crippen LogP contribution >= 0.6 is 0 Å². The first kappa shape index (κ1) is 1.96. The molecular formula is C6H14N2. The molecule has 0 aromatic rings. The van der Waals surface area contributed by atoms with Crippen LogP contribution in [0.3, 0.4) is 0 Å². The summed E-state index contributed by atoms with van der Waals surface area (Å²) in [6, 6.07) is -3.62. The summed E-state index contributed by atoms with van der Waals surface area (Å²) in [4.78, 5) is 0. The highest BCUT2D eigenvalue weighted by Crippen LogP contribution is 1.89. The first-order valence-corrected chi connectivity index (χ1v) is 2.50. The minimum Gasteiger partial charge on any atom is -0.311 e. The van der Waals surface area contributed by atoms with Gasteiger partial charge in [0.1, 0.15) is 0 Å². The summed E-state index contributed by atoms with van der Waals surface area (Å²) < 4.78 is 45.1. The molecule has 2 nitrogen and oxygen atoms in total. The van der Waals surface area contributed by atoms with Crippen LogP contribution < -0.4 is 10.6 Å². The van der Waals surface area contributed by atoms with E-state index < -0.39 is 25.0 Å². The fourth-order valence-corrected chi connectivity index (χ4v) is 0.438. The van der Waals surface area contributed by atoms with Crippen LogP contribution in [0.1, 0.15) is 22.1 Å². The lowest BCUT2D eigenvalue weighted by molar-refractivity contribution is 0.376. The van der Waals surface area contributed by atoms with Gasteiger partial charge in [-0.25, -0.2) is 0 Å². The van der Waals surface area contributed by atoms with Crippen molar-refractivity contribution < 1.29 is 8.22 Å². The second-order valence-electron chi connectivity index (χ2n) is 1.75. The van der Waals surface area contributed by atoms with Gasteiger partial charge in [-0.3, -0.25) is 0 Å². The molecule has 0 aromatic carbocycles. The van der Waals surface area contributed by atoms with Gasteiger partial charge in [0.05, 0.1) is 0 Å². The van der Waals surface area contributed by atoms with Gasteiger partial charge >= 0.3 is 0 Å². The Kier molecular flexibility index (Phi) is 0.603. The van der Waals surface area contributed by atoms with E-state index in [-0.39, 0.29) is 0 Å². The normalized spacial score (nSPS) is 81.8. The molecule has 2 unspecified atom stereocenters. The third kappa shape index (κ3) is 1.46. The van der Waals surface area contributed by atoms with E-state index in [0.717, 1.165) is 0 Å². The molecule has 1 fully saturated rings. The Morgan fingerprint density at radius 1 is 1.38 bits per heavy atom. The van der Waals surface area contributed by atoms with Crippen molar-refractivity contribution in [3.63, 3.8) is 0 Å². The Balaban J connectivity index is 3.07. The van der Waals surface area contributed by atoms with Crippen molar-refractivity contribution >= 4 is 0 Å². The minimum atomic E-state index is -2.16. The average molecular weight is 120 g/mol. The lowest BCUT2D eigenvalue weighted by atomic mass is 10.2. The minimum absolute atomic E-state index is 1.23. The molecule has 8 heavy (non-hydrogen) atoms. The van der Waals surface area contributed by atoms with Crippen LogP contribution in [0.25, 0.3) is 0 Å². The van der Waals surface area contributed by atoms with Crippen molar-refractivity contribution in [3.8, 4) is 0 Å². The zero-order valence-corrected chi connectivity index (χ0v) is 5.00. The molecule has 0 amide bonds. The van der Waals surface area contributed by atoms with Crippen LogP contribution in [-0.4, -0.2) is 25.0 Å². The van der Waals surface area contributed by atoms with Crippen molar-refractivity contribution in [2.45, 2.75) is 25.9 Å². The lowest BCUT2D eigenvalue weighted by Gasteiger charge is -2.26. The van der Waals surface area contributed by atoms with Gasteiger partial charge in [-0.15, -0.1) is 0 Å². The molecule has 0 radical (unpaired) electrons. The molecule has 0 aliphatic carbocycles. The maximum atomic E-state index is 7.59. The van der Waals surface area contributed by atoms with Gasteiger partial charge in [-0.1, -0.05) is 0 Å². The zero-order valence-electron chi connectivity index (χ0n) is 11.0. The molecule has 1 rings (SSSR count). The van der Waals surface area contributed by atoms with E-state index in [1.54, 1.807) is 0 Å². The molecule has 1 saturated heterocycles. The molecule has 48 valence electrons. The van der Waals surface area contributed by atoms with Crippen molar-refractivity contribution in [1.82, 2.24) is 10.6 Å². The molecule has 1 aliphatic heterocycles. The molecule has 2 heteroatoms. The number of hydrogen-bond donors (Lipinski definition) is 2. The second-order valence-corrected chi connectivity index (χ2v) is 1.75. The summed E-state index contributed by atoms with van der Waals surface area (Å²) >= 11 is 0. The van der Waals surface area contributed by atoms with Crippen LogP contribution in [0, 0.1) is 0 Å². The van der Waals surface area contributed by atoms with E-state index in [2.05, 4.69) is 10.6 Å². The van der Waals surface area contributed by atoms with E-state index in [4.69, 9.17) is 8.22 Å². The summed E-state index contributed by atoms with van der Waals surface area (Å²) in [7, 11) is 0. The van der Waals surface area contributed by atoms with Crippen LogP contribution in [0.15, 0.2) is 0 Å². The molecule has 2 N–H and O–H groups in total. The summed E-state index contributed by atoms with van der Waals surface area (Å²) in [5, 5.41) is 4.38. The fraction of sp³-hybridized carbons (Fsp3) is 1.00. The van der Waals surface area contributed by atoms with Crippen LogP contribution in [0.5, 0.6) is 0 Å². The second kappa shape index (κ2) is 2.46. The highest BCUT2D eigenvalue weighted by molar-refractivity contribution is 4.76. The average Bonchev–Trinajstić information content (AvgIpc) is 1.78. The maximum absolute atomic E-state index is 7.59. The molecule has 0 aromatic heterocycles. The Morgan fingerprint density at radius 3 is 2.12 bits per heavy atom. The van der Waals surface area contributed by atoms with Gasteiger partial charge in [0.2, 0.25) is 0 Å². The lowest BCUT2D eigenvalue weighted by Crippen LogP contribution is -2.51. The Bertz CT molecular complexity index is 199. The molecule has 0 saturated carbocycles. The smallest absolute Gasteiger partial charge is 0.0475 e. The van der Waals surface area contributed by atoms with Crippen molar-refractivity contribution in [1.29, 1.82) is 0 Å². The molecule has 1 heterocycles. The molecular weight excluding hydrogens is 100 g/mol. The third-order valence-electron chi connectivity index (χ3n) is 0.875. The van der Waals surface area contributed by atoms with Crippen LogP contribution in [0.2, 0.25) is 0 Å². The quantitative estimate of drug-likeness (QED) is 0.468. The zero-order chi connectivity index (χ0) is 11.4. The number of rotatable bonds is 0. The van der Waals surface area contributed by atoms with Gasteiger partial charge in [-0.05, 0) is 13.8 Å². The van der Waals surface area contributed by atoms with Crippen molar-refractivity contribution in [2.24, 2.45) is 0 Å². The predicted octanol–water partition coefficient (Wildman–Crippen LogP) is -0.0438. The van der Waals surface area contributed by atoms with Crippen LogP contribution in [0.4, 0.5) is 0 Å². The third-order valence-corrected chi connectivity index (χ3v) is 0.875. The topological polar surface area (TPSA) is 24.1 Å². The highest BCUT2D eigenvalue weighted by Gasteiger charge is 2.10. The van der Waals surface area contributed by atoms with Crippen molar-refractivity contribution in [2.75, 3.05) is 13.0 Å². The van der Waals surface area contributed by atoms with Gasteiger partial charge in [0.25, 0.3) is 0 Å². The SMILES string of the molecule is [2H]C1([2H])NC([2H])(C)C([2H])([2H])NC1([2H])C. The summed E-state index contributed by atoms with van der Waals surface area (Å²) in [5.41, 5.74) is 0. The van der Waals surface area contributed by atoms with Gasteiger partial charge in [0.15, 0.2) is 0 Å². The van der Waals surface area contributed by atoms with E-state index in [0.29, 0.717) is 0 Å². The van der Waals surface area contributed by atoms with E-state index in [9.17, 15) is 0 Å². The summed E-state index contributed by atoms with van der Waals surface area (Å²) in [6.07, 6.45) is 0. The molecule has 0 spiro atoms. The first-order chi connectivity index (χ1) is 5.91. The molecule has 0 bridgehead atoms. The molecule has 1 aliphatic rings. The predicted molar refractivity (Wildman–Crippen MR) is 34.9 cm³/mol. The largest absolute Gasteiger partial charge is 0.311 e. The Hall–Kier alpha value is -0.0800. The molecule has 2 atom stereocenters. The number of piperazine rings is 1. The summed E-state index contributed by atoms with van der Waals surface area (Å²) in [5.74, 6) is 0. The fourth-order valence-electron chi connectivity index (χ4n) is 0.438. The van der Waals surface area contributed by atoms with Gasteiger partial charge in [-0.2, -0.15) is 0 Å². The Labute approximate surface area is 59.1 Å².